The van der Waals surface area contributed by atoms with E-state index >= 15 is 0 Å². The van der Waals surface area contributed by atoms with E-state index in [2.05, 4.69) is 5.10 Å². The van der Waals surface area contributed by atoms with Crippen LogP contribution in [-0.2, 0) is 4.79 Å². The van der Waals surface area contributed by atoms with Gasteiger partial charge in [0.25, 0.3) is 0 Å². The van der Waals surface area contributed by atoms with Crippen LogP contribution >= 0.6 is 46.1 Å². The van der Waals surface area contributed by atoms with Crippen molar-refractivity contribution in [3.63, 3.8) is 0 Å². The third kappa shape index (κ3) is 3.64. The molecule has 0 saturated heterocycles. The fraction of sp³-hybridized carbons (Fsp3) is 0.250. The third-order valence-electron chi connectivity index (χ3n) is 3.91. The number of hydrogen-bond donors (Lipinski definition) is 2. The number of thiophene rings is 1. The van der Waals surface area contributed by atoms with Crippen LogP contribution in [0.25, 0.3) is 0 Å². The fourth-order valence-corrected chi connectivity index (χ4v) is 4.59. The molecule has 0 aliphatic carbocycles. The van der Waals surface area contributed by atoms with Crippen molar-refractivity contribution in [2.75, 3.05) is 11.6 Å². The van der Waals surface area contributed by atoms with E-state index in [1.807, 2.05) is 6.07 Å². The average molecular weight is 420 g/mol. The molecule has 1 aliphatic heterocycles. The van der Waals surface area contributed by atoms with Gasteiger partial charge >= 0.3 is 5.97 Å². The summed E-state index contributed by atoms with van der Waals surface area (Å²) < 4.78 is 0.587. The van der Waals surface area contributed by atoms with Crippen LogP contribution in [0, 0.1) is 5.92 Å². The highest BCUT2D eigenvalue weighted by Gasteiger charge is 2.43. The monoisotopic (exact) mass is 418 g/mol. The average Bonchev–Trinajstić information content (AvgIpc) is 3.11. The van der Waals surface area contributed by atoms with E-state index in [0.717, 1.165) is 4.88 Å². The summed E-state index contributed by atoms with van der Waals surface area (Å²) >= 11 is 19.7. The molecule has 2 N–H and O–H groups in total. The molecule has 0 radical (unpaired) electrons. The van der Waals surface area contributed by atoms with Crippen LogP contribution in [-0.4, -0.2) is 28.5 Å². The standard InChI is InChI=1S/C16H13Cl3N2O3S/c17-8-1-2-11(10(18)7-8)21-15(12-3-4-13(19)25-12)9(5-6-22)14(20-21)16(23)24/h1-4,7,9,15,22H,5-6H2,(H,23,24). The maximum absolute atomic E-state index is 11.7. The number of aliphatic hydroxyl groups excluding tert-OH is 1. The molecule has 132 valence electrons. The van der Waals surface area contributed by atoms with Gasteiger partial charge in [-0.05, 0) is 36.8 Å². The Labute approximate surface area is 163 Å². The predicted octanol–water partition coefficient (Wildman–Crippen LogP) is 4.71. The molecular weight excluding hydrogens is 407 g/mol. The van der Waals surface area contributed by atoms with E-state index in [1.165, 1.54) is 11.3 Å². The third-order valence-corrected chi connectivity index (χ3v) is 5.75. The van der Waals surface area contributed by atoms with Crippen LogP contribution in [0.15, 0.2) is 35.4 Å². The lowest BCUT2D eigenvalue weighted by atomic mass is 9.91. The Balaban J connectivity index is 2.13. The molecule has 0 bridgehead atoms. The van der Waals surface area contributed by atoms with Gasteiger partial charge in [-0.2, -0.15) is 5.10 Å². The number of rotatable bonds is 5. The van der Waals surface area contributed by atoms with E-state index in [4.69, 9.17) is 34.8 Å². The first kappa shape index (κ1) is 18.5. The molecule has 2 atom stereocenters. The number of anilines is 1. The van der Waals surface area contributed by atoms with Gasteiger partial charge in [-0.1, -0.05) is 34.8 Å². The van der Waals surface area contributed by atoms with Gasteiger partial charge < -0.3 is 10.2 Å². The van der Waals surface area contributed by atoms with Gasteiger partial charge in [-0.25, -0.2) is 4.79 Å². The van der Waals surface area contributed by atoms with Crippen LogP contribution in [0.3, 0.4) is 0 Å². The number of carboxylic acids is 1. The minimum absolute atomic E-state index is 0.0189. The molecule has 0 spiro atoms. The smallest absolute Gasteiger partial charge is 0.352 e. The fourth-order valence-electron chi connectivity index (χ4n) is 2.88. The zero-order valence-electron chi connectivity index (χ0n) is 12.7. The van der Waals surface area contributed by atoms with E-state index < -0.39 is 17.9 Å². The second-order valence-electron chi connectivity index (χ2n) is 5.44. The zero-order chi connectivity index (χ0) is 18.1. The van der Waals surface area contributed by atoms with Crippen molar-refractivity contribution in [2.24, 2.45) is 11.0 Å². The number of benzene rings is 1. The number of halogens is 3. The summed E-state index contributed by atoms with van der Waals surface area (Å²) in [5.74, 6) is -1.62. The second kappa shape index (κ2) is 7.51. The SMILES string of the molecule is O=C(O)C1=NN(c2ccc(Cl)cc2Cl)C(c2ccc(Cl)s2)C1CCO. The van der Waals surface area contributed by atoms with Crippen molar-refractivity contribution in [1.29, 1.82) is 0 Å². The van der Waals surface area contributed by atoms with Gasteiger partial charge in [0.15, 0.2) is 5.71 Å². The van der Waals surface area contributed by atoms with Crippen molar-refractivity contribution in [2.45, 2.75) is 12.5 Å². The minimum Gasteiger partial charge on any atom is -0.477 e. The van der Waals surface area contributed by atoms with Crippen LogP contribution in [0.4, 0.5) is 5.69 Å². The number of hydrazone groups is 1. The lowest BCUT2D eigenvalue weighted by Crippen LogP contribution is -2.28. The lowest BCUT2D eigenvalue weighted by Gasteiger charge is -2.27. The minimum atomic E-state index is -1.13. The Morgan fingerprint density at radius 2 is 2.00 bits per heavy atom. The van der Waals surface area contributed by atoms with E-state index in [0.29, 0.717) is 20.1 Å². The van der Waals surface area contributed by atoms with Crippen LogP contribution in [0.5, 0.6) is 0 Å². The first-order valence-corrected chi connectivity index (χ1v) is 9.29. The zero-order valence-corrected chi connectivity index (χ0v) is 15.8. The molecule has 2 unspecified atom stereocenters. The lowest BCUT2D eigenvalue weighted by molar-refractivity contribution is -0.129. The number of carbonyl (C=O) groups is 1. The van der Waals surface area contributed by atoms with Crippen molar-refractivity contribution in [3.05, 3.63) is 49.6 Å². The Kier molecular flexibility index (Phi) is 5.55. The van der Waals surface area contributed by atoms with Gasteiger partial charge in [0.2, 0.25) is 0 Å². The van der Waals surface area contributed by atoms with E-state index in [1.54, 1.807) is 29.3 Å². The van der Waals surface area contributed by atoms with Gasteiger partial charge in [0, 0.05) is 22.4 Å². The summed E-state index contributed by atoms with van der Waals surface area (Å²) in [6, 6.07) is 8.09. The molecular formula is C16H13Cl3N2O3S. The van der Waals surface area contributed by atoms with E-state index in [9.17, 15) is 15.0 Å². The topological polar surface area (TPSA) is 73.1 Å². The molecule has 1 aromatic carbocycles. The van der Waals surface area contributed by atoms with Crippen LogP contribution < -0.4 is 5.01 Å². The molecule has 25 heavy (non-hydrogen) atoms. The van der Waals surface area contributed by atoms with Gasteiger partial charge in [0.1, 0.15) is 0 Å². The number of hydrogen-bond acceptors (Lipinski definition) is 5. The molecule has 0 saturated carbocycles. The Bertz CT molecular complexity index is 840. The molecule has 1 aliphatic rings. The molecule has 2 heterocycles. The normalized spacial score (nSPS) is 20.0. The molecule has 1 aromatic heterocycles. The highest BCUT2D eigenvalue weighted by atomic mass is 35.5. The number of carboxylic acid groups (broad SMARTS) is 1. The summed E-state index contributed by atoms with van der Waals surface area (Å²) in [6.45, 7) is -0.158. The first-order valence-electron chi connectivity index (χ1n) is 7.34. The van der Waals surface area contributed by atoms with Gasteiger partial charge in [-0.15, -0.1) is 11.3 Å². The highest BCUT2D eigenvalue weighted by Crippen LogP contribution is 2.45. The molecule has 0 amide bonds. The Hall–Kier alpha value is -1.31. The van der Waals surface area contributed by atoms with E-state index in [-0.39, 0.29) is 18.7 Å². The molecule has 5 nitrogen and oxygen atoms in total. The summed E-state index contributed by atoms with van der Waals surface area (Å²) in [5.41, 5.74) is 0.523. The summed E-state index contributed by atoms with van der Waals surface area (Å²) in [6.07, 6.45) is 0.257. The number of nitrogens with zero attached hydrogens (tertiary/aromatic N) is 2. The summed E-state index contributed by atoms with van der Waals surface area (Å²) in [7, 11) is 0. The van der Waals surface area contributed by atoms with Crippen molar-refractivity contribution < 1.29 is 15.0 Å². The number of aliphatic carboxylic acids is 1. The highest BCUT2D eigenvalue weighted by molar-refractivity contribution is 7.16. The van der Waals surface area contributed by atoms with Crippen molar-refractivity contribution in [3.8, 4) is 0 Å². The Morgan fingerprint density at radius 3 is 2.56 bits per heavy atom. The first-order chi connectivity index (χ1) is 11.9. The second-order valence-corrected chi connectivity index (χ2v) is 8.03. The summed E-state index contributed by atoms with van der Waals surface area (Å²) in [4.78, 5) is 12.5. The Morgan fingerprint density at radius 1 is 1.24 bits per heavy atom. The van der Waals surface area contributed by atoms with Crippen molar-refractivity contribution in [1.82, 2.24) is 0 Å². The maximum atomic E-state index is 11.7. The largest absolute Gasteiger partial charge is 0.477 e. The molecule has 3 rings (SSSR count). The maximum Gasteiger partial charge on any atom is 0.352 e. The van der Waals surface area contributed by atoms with Crippen molar-refractivity contribution >= 4 is 63.5 Å². The van der Waals surface area contributed by atoms with Crippen LogP contribution in [0.2, 0.25) is 14.4 Å². The molecule has 0 fully saturated rings. The molecule has 2 aromatic rings. The van der Waals surface area contributed by atoms with Gasteiger partial charge in [-0.3, -0.25) is 5.01 Å². The quantitative estimate of drug-likeness (QED) is 0.736. The summed E-state index contributed by atoms with van der Waals surface area (Å²) in [5, 5.41) is 25.6. The van der Waals surface area contributed by atoms with Gasteiger partial charge in [0.05, 0.1) is 21.1 Å². The number of aliphatic hydroxyl groups is 1. The molecule has 9 heteroatoms. The van der Waals surface area contributed by atoms with Crippen LogP contribution in [0.1, 0.15) is 17.3 Å². The predicted molar refractivity (Wildman–Crippen MR) is 101 cm³/mol.